The molecule has 140 valence electrons. The van der Waals surface area contributed by atoms with Crippen LogP contribution in [0.1, 0.15) is 38.2 Å². The molecule has 0 aromatic heterocycles. The molecule has 5 N–H and O–H groups in total. The summed E-state index contributed by atoms with van der Waals surface area (Å²) < 4.78 is 0. The summed E-state index contributed by atoms with van der Waals surface area (Å²) in [5.74, 6) is 0.00686. The van der Waals surface area contributed by atoms with E-state index in [1.165, 1.54) is 12.8 Å². The molecule has 5 heteroatoms. The second-order valence-corrected chi connectivity index (χ2v) is 6.20. The van der Waals surface area contributed by atoms with Gasteiger partial charge < -0.3 is 21.7 Å². The Balaban J connectivity index is 1.97. The van der Waals surface area contributed by atoms with E-state index >= 15 is 0 Å². The summed E-state index contributed by atoms with van der Waals surface area (Å²) in [5.41, 5.74) is 7.23. The van der Waals surface area contributed by atoms with Crippen LogP contribution >= 0.6 is 0 Å². The number of hydrogen-bond acceptors (Lipinski definition) is 4. The topological polar surface area (TPSA) is 79.2 Å². The van der Waals surface area contributed by atoms with Crippen LogP contribution < -0.4 is 21.7 Å². The molecular formula is C20H34N4O. The minimum Gasteiger partial charge on any atom is -0.352 e. The van der Waals surface area contributed by atoms with Gasteiger partial charge in [0.1, 0.15) is 0 Å². The fourth-order valence-electron chi connectivity index (χ4n) is 2.40. The molecule has 5 nitrogen and oxygen atoms in total. The Hall–Kier alpha value is -1.69. The summed E-state index contributed by atoms with van der Waals surface area (Å²) in [6.45, 7) is 7.34. The lowest BCUT2D eigenvalue weighted by Crippen LogP contribution is -2.28. The second-order valence-electron chi connectivity index (χ2n) is 6.20. The van der Waals surface area contributed by atoms with Crippen molar-refractivity contribution < 1.29 is 4.79 Å². The number of amides is 1. The van der Waals surface area contributed by atoms with Crippen LogP contribution in [0.15, 0.2) is 35.9 Å². The van der Waals surface area contributed by atoms with E-state index in [0.717, 1.165) is 56.7 Å². The van der Waals surface area contributed by atoms with Gasteiger partial charge in [0, 0.05) is 12.1 Å². The first-order chi connectivity index (χ1) is 12.2. The molecule has 1 aromatic carbocycles. The zero-order chi connectivity index (χ0) is 18.2. The second kappa shape index (κ2) is 14.6. The van der Waals surface area contributed by atoms with Gasteiger partial charge in [-0.1, -0.05) is 30.3 Å². The van der Waals surface area contributed by atoms with Crippen LogP contribution in [-0.2, 0) is 4.79 Å². The molecule has 0 atom stereocenters. The van der Waals surface area contributed by atoms with Gasteiger partial charge in [-0.2, -0.15) is 0 Å². The summed E-state index contributed by atoms with van der Waals surface area (Å²) in [6, 6.07) is 9.90. The van der Waals surface area contributed by atoms with Gasteiger partial charge in [-0.3, -0.25) is 4.79 Å². The molecule has 0 unspecified atom stereocenters. The van der Waals surface area contributed by atoms with Crippen molar-refractivity contribution in [2.24, 2.45) is 5.73 Å². The molecule has 1 rings (SSSR count). The highest BCUT2D eigenvalue weighted by atomic mass is 16.1. The summed E-state index contributed by atoms with van der Waals surface area (Å²) in [5, 5.41) is 9.76. The van der Waals surface area contributed by atoms with Crippen LogP contribution in [0.25, 0.3) is 6.08 Å². The van der Waals surface area contributed by atoms with Crippen LogP contribution in [0.2, 0.25) is 0 Å². The molecule has 0 aliphatic carbocycles. The van der Waals surface area contributed by atoms with Crippen LogP contribution in [-0.4, -0.2) is 45.2 Å². The van der Waals surface area contributed by atoms with Crippen molar-refractivity contribution in [3.8, 4) is 0 Å². The van der Waals surface area contributed by atoms with E-state index in [1.807, 2.05) is 43.3 Å². The molecule has 0 aliphatic rings. The highest BCUT2D eigenvalue weighted by Gasteiger charge is 2.02. The summed E-state index contributed by atoms with van der Waals surface area (Å²) in [7, 11) is 0. The first kappa shape index (κ1) is 21.4. The van der Waals surface area contributed by atoms with Gasteiger partial charge in [0.25, 0.3) is 0 Å². The predicted molar refractivity (Wildman–Crippen MR) is 106 cm³/mol. The first-order valence-corrected chi connectivity index (χ1v) is 9.37. The molecule has 0 heterocycles. The normalized spacial score (nSPS) is 11.5. The van der Waals surface area contributed by atoms with E-state index in [2.05, 4.69) is 16.0 Å². The predicted octanol–water partition coefficient (Wildman–Crippen LogP) is 1.90. The van der Waals surface area contributed by atoms with Crippen LogP contribution in [0.3, 0.4) is 0 Å². The Bertz CT molecular complexity index is 488. The van der Waals surface area contributed by atoms with Gasteiger partial charge in [0.2, 0.25) is 5.91 Å². The van der Waals surface area contributed by atoms with Crippen molar-refractivity contribution >= 4 is 12.0 Å². The minimum absolute atomic E-state index is 0.00686. The zero-order valence-electron chi connectivity index (χ0n) is 15.5. The number of rotatable bonds is 14. The maximum absolute atomic E-state index is 12.0. The molecule has 0 saturated carbocycles. The summed E-state index contributed by atoms with van der Waals surface area (Å²) in [4.78, 5) is 12.0. The van der Waals surface area contributed by atoms with Crippen LogP contribution in [0.5, 0.6) is 0 Å². The highest BCUT2D eigenvalue weighted by molar-refractivity contribution is 5.97. The average Bonchev–Trinajstić information content (AvgIpc) is 2.63. The Labute approximate surface area is 152 Å². The van der Waals surface area contributed by atoms with Crippen molar-refractivity contribution in [3.05, 3.63) is 41.5 Å². The van der Waals surface area contributed by atoms with Gasteiger partial charge in [0.15, 0.2) is 0 Å². The molecule has 0 bridgehead atoms. The zero-order valence-corrected chi connectivity index (χ0v) is 15.5. The lowest BCUT2D eigenvalue weighted by Gasteiger charge is -2.07. The van der Waals surface area contributed by atoms with Gasteiger partial charge in [-0.25, -0.2) is 0 Å². The van der Waals surface area contributed by atoms with Gasteiger partial charge in [-0.15, -0.1) is 0 Å². The Kier molecular flexibility index (Phi) is 12.5. The smallest absolute Gasteiger partial charge is 0.246 e. The third-order valence-corrected chi connectivity index (χ3v) is 3.87. The molecule has 1 aromatic rings. The number of benzene rings is 1. The SMILES string of the molecule is C/C(=C\c1ccccc1)C(=O)NCCCNCCCCNCCCN. The van der Waals surface area contributed by atoms with Crippen molar-refractivity contribution in [1.82, 2.24) is 16.0 Å². The number of nitrogens with two attached hydrogens (primary N) is 1. The molecule has 0 aliphatic heterocycles. The van der Waals surface area contributed by atoms with E-state index in [0.29, 0.717) is 6.54 Å². The molecule has 1 amide bonds. The largest absolute Gasteiger partial charge is 0.352 e. The Morgan fingerprint density at radius 1 is 0.920 bits per heavy atom. The van der Waals surface area contributed by atoms with E-state index < -0.39 is 0 Å². The molecule has 25 heavy (non-hydrogen) atoms. The third-order valence-electron chi connectivity index (χ3n) is 3.87. The fourth-order valence-corrected chi connectivity index (χ4v) is 2.40. The van der Waals surface area contributed by atoms with E-state index in [-0.39, 0.29) is 5.91 Å². The van der Waals surface area contributed by atoms with Gasteiger partial charge in [0.05, 0.1) is 0 Å². The minimum atomic E-state index is 0.00686. The van der Waals surface area contributed by atoms with E-state index in [9.17, 15) is 4.79 Å². The monoisotopic (exact) mass is 346 g/mol. The fraction of sp³-hybridized carbons (Fsp3) is 0.550. The molecule has 0 spiro atoms. The van der Waals surface area contributed by atoms with Gasteiger partial charge >= 0.3 is 0 Å². The molecule has 0 saturated heterocycles. The molecular weight excluding hydrogens is 312 g/mol. The Morgan fingerprint density at radius 2 is 1.52 bits per heavy atom. The third kappa shape index (κ3) is 11.5. The first-order valence-electron chi connectivity index (χ1n) is 9.37. The van der Waals surface area contributed by atoms with Crippen LogP contribution in [0.4, 0.5) is 0 Å². The van der Waals surface area contributed by atoms with Crippen molar-refractivity contribution in [2.75, 3.05) is 39.3 Å². The molecule has 0 radical (unpaired) electrons. The standard InChI is InChI=1S/C20H34N4O/c1-18(17-19-9-3-2-4-10-19)20(25)24-16-8-15-23-13-6-5-12-22-14-7-11-21/h2-4,9-10,17,22-23H,5-8,11-16,21H2,1H3,(H,24,25)/b18-17+. The number of nitrogens with one attached hydrogen (secondary N) is 3. The van der Waals surface area contributed by atoms with Gasteiger partial charge in [-0.05, 0) is 77.0 Å². The number of hydrogen-bond donors (Lipinski definition) is 4. The van der Waals surface area contributed by atoms with E-state index in [4.69, 9.17) is 5.73 Å². The van der Waals surface area contributed by atoms with Crippen molar-refractivity contribution in [2.45, 2.75) is 32.6 Å². The highest BCUT2D eigenvalue weighted by Crippen LogP contribution is 2.05. The van der Waals surface area contributed by atoms with Crippen molar-refractivity contribution in [3.63, 3.8) is 0 Å². The lowest BCUT2D eigenvalue weighted by molar-refractivity contribution is -0.117. The quantitative estimate of drug-likeness (QED) is 0.306. The number of carbonyl (C=O) groups is 1. The average molecular weight is 347 g/mol. The lowest BCUT2D eigenvalue weighted by atomic mass is 10.1. The summed E-state index contributed by atoms with van der Waals surface area (Å²) >= 11 is 0. The maximum Gasteiger partial charge on any atom is 0.246 e. The number of unbranched alkanes of at least 4 members (excludes halogenated alkanes) is 1. The summed E-state index contributed by atoms with van der Waals surface area (Å²) in [6.07, 6.45) is 6.25. The maximum atomic E-state index is 12.0. The number of carbonyl (C=O) groups excluding carboxylic acids is 1. The Morgan fingerprint density at radius 3 is 2.16 bits per heavy atom. The van der Waals surface area contributed by atoms with E-state index in [1.54, 1.807) is 0 Å². The van der Waals surface area contributed by atoms with Crippen molar-refractivity contribution in [1.29, 1.82) is 0 Å². The van der Waals surface area contributed by atoms with Crippen LogP contribution in [0, 0.1) is 0 Å². The molecule has 0 fully saturated rings.